The van der Waals surface area contributed by atoms with Gasteiger partial charge < -0.3 is 15.8 Å². The highest BCUT2D eigenvalue weighted by Gasteiger charge is 2.14. The van der Waals surface area contributed by atoms with Crippen molar-refractivity contribution < 1.29 is 4.74 Å². The van der Waals surface area contributed by atoms with Gasteiger partial charge in [-0.15, -0.1) is 0 Å². The van der Waals surface area contributed by atoms with Crippen LogP contribution in [0.1, 0.15) is 12.8 Å². The molecular formula is C10H15N3O. The summed E-state index contributed by atoms with van der Waals surface area (Å²) >= 11 is 0. The second kappa shape index (κ2) is 4.28. The molecule has 0 saturated carbocycles. The summed E-state index contributed by atoms with van der Waals surface area (Å²) in [7, 11) is 0. The summed E-state index contributed by atoms with van der Waals surface area (Å²) in [4.78, 5) is 4.10. The Morgan fingerprint density at radius 2 is 2.50 bits per heavy atom. The van der Waals surface area contributed by atoms with Gasteiger partial charge in [0.1, 0.15) is 6.10 Å². The van der Waals surface area contributed by atoms with Gasteiger partial charge in [0.25, 0.3) is 0 Å². The maximum atomic E-state index is 5.68. The molecule has 1 aliphatic heterocycles. The van der Waals surface area contributed by atoms with Crippen molar-refractivity contribution in [1.82, 2.24) is 10.3 Å². The number of hydrogen-bond acceptors (Lipinski definition) is 4. The van der Waals surface area contributed by atoms with Crippen LogP contribution in [0.5, 0.6) is 5.88 Å². The van der Waals surface area contributed by atoms with E-state index in [-0.39, 0.29) is 6.10 Å². The van der Waals surface area contributed by atoms with Gasteiger partial charge in [0.15, 0.2) is 0 Å². The third-order valence-electron chi connectivity index (χ3n) is 2.30. The van der Waals surface area contributed by atoms with E-state index in [2.05, 4.69) is 10.3 Å². The summed E-state index contributed by atoms with van der Waals surface area (Å²) in [6.45, 7) is 1.99. The molecule has 4 nitrogen and oxygen atoms in total. The van der Waals surface area contributed by atoms with E-state index in [0.29, 0.717) is 11.6 Å². The summed E-state index contributed by atoms with van der Waals surface area (Å²) < 4.78 is 5.68. The largest absolute Gasteiger partial charge is 0.473 e. The number of hydrogen-bond donors (Lipinski definition) is 2. The first-order valence-corrected chi connectivity index (χ1v) is 4.93. The van der Waals surface area contributed by atoms with Gasteiger partial charge in [-0.2, -0.15) is 0 Å². The molecule has 0 spiro atoms. The number of nitrogens with one attached hydrogen (secondary N) is 1. The van der Waals surface area contributed by atoms with Crippen molar-refractivity contribution in [2.75, 3.05) is 18.8 Å². The Balaban J connectivity index is 1.95. The number of piperidine rings is 1. The van der Waals surface area contributed by atoms with E-state index in [9.17, 15) is 0 Å². The molecule has 1 unspecified atom stereocenters. The van der Waals surface area contributed by atoms with Gasteiger partial charge in [-0.05, 0) is 25.5 Å². The Bertz CT molecular complexity index is 297. The van der Waals surface area contributed by atoms with Crippen LogP contribution in [0.15, 0.2) is 18.3 Å². The first kappa shape index (κ1) is 9.27. The number of aromatic nitrogens is 1. The zero-order valence-corrected chi connectivity index (χ0v) is 8.07. The predicted molar refractivity (Wildman–Crippen MR) is 55.2 cm³/mol. The number of rotatable bonds is 2. The molecule has 4 heteroatoms. The standard InChI is InChI=1S/C10H15N3O/c11-8-3-5-13-10(6-8)14-9-2-1-4-12-7-9/h3,5-6,9,12H,1-2,4,7H2,(H2,11,13). The molecule has 1 atom stereocenters. The van der Waals surface area contributed by atoms with Crippen molar-refractivity contribution in [3.63, 3.8) is 0 Å². The summed E-state index contributed by atoms with van der Waals surface area (Å²) in [5.41, 5.74) is 6.32. The molecule has 1 saturated heterocycles. The van der Waals surface area contributed by atoms with Crippen molar-refractivity contribution in [3.05, 3.63) is 18.3 Å². The van der Waals surface area contributed by atoms with Crippen LogP contribution in [0.25, 0.3) is 0 Å². The highest BCUT2D eigenvalue weighted by molar-refractivity contribution is 5.39. The van der Waals surface area contributed by atoms with E-state index in [1.54, 1.807) is 18.3 Å². The zero-order chi connectivity index (χ0) is 9.80. The first-order chi connectivity index (χ1) is 6.84. The third-order valence-corrected chi connectivity index (χ3v) is 2.30. The van der Waals surface area contributed by atoms with E-state index < -0.39 is 0 Å². The molecule has 1 aliphatic rings. The summed E-state index contributed by atoms with van der Waals surface area (Å²) in [6, 6.07) is 3.51. The number of nitrogens with zero attached hydrogens (tertiary/aromatic N) is 1. The monoisotopic (exact) mass is 193 g/mol. The maximum absolute atomic E-state index is 5.68. The smallest absolute Gasteiger partial charge is 0.215 e. The molecule has 0 amide bonds. The normalized spacial score (nSPS) is 21.9. The van der Waals surface area contributed by atoms with Gasteiger partial charge in [0, 0.05) is 24.5 Å². The van der Waals surface area contributed by atoms with Gasteiger partial charge in [-0.1, -0.05) is 0 Å². The van der Waals surface area contributed by atoms with Crippen LogP contribution >= 0.6 is 0 Å². The molecule has 0 radical (unpaired) electrons. The topological polar surface area (TPSA) is 60.2 Å². The van der Waals surface area contributed by atoms with Crippen molar-refractivity contribution >= 4 is 5.69 Å². The summed E-state index contributed by atoms with van der Waals surface area (Å²) in [5, 5.41) is 3.29. The fourth-order valence-corrected chi connectivity index (χ4v) is 1.58. The molecule has 1 aromatic rings. The number of nitrogen functional groups attached to an aromatic ring is 1. The van der Waals surface area contributed by atoms with Crippen LogP contribution < -0.4 is 15.8 Å². The van der Waals surface area contributed by atoms with Crippen LogP contribution in [0.3, 0.4) is 0 Å². The van der Waals surface area contributed by atoms with Gasteiger partial charge in [-0.25, -0.2) is 4.98 Å². The van der Waals surface area contributed by atoms with E-state index in [4.69, 9.17) is 10.5 Å². The molecule has 1 fully saturated rings. The van der Waals surface area contributed by atoms with Crippen LogP contribution in [0.2, 0.25) is 0 Å². The minimum absolute atomic E-state index is 0.234. The lowest BCUT2D eigenvalue weighted by atomic mass is 10.1. The van der Waals surface area contributed by atoms with E-state index in [1.165, 1.54) is 0 Å². The SMILES string of the molecule is Nc1ccnc(OC2CCCNC2)c1. The number of ether oxygens (including phenoxy) is 1. The van der Waals surface area contributed by atoms with Gasteiger partial charge >= 0.3 is 0 Å². The molecule has 3 N–H and O–H groups in total. The van der Waals surface area contributed by atoms with Gasteiger partial charge in [0.05, 0.1) is 0 Å². The average Bonchev–Trinajstić information content (AvgIpc) is 2.19. The van der Waals surface area contributed by atoms with Crippen LogP contribution in [-0.2, 0) is 0 Å². The lowest BCUT2D eigenvalue weighted by molar-refractivity contribution is 0.160. The number of nitrogens with two attached hydrogens (primary N) is 1. The molecule has 2 rings (SSSR count). The quantitative estimate of drug-likeness (QED) is 0.729. The molecule has 1 aromatic heterocycles. The highest BCUT2D eigenvalue weighted by Crippen LogP contribution is 2.15. The molecule has 0 aromatic carbocycles. The van der Waals surface area contributed by atoms with E-state index in [1.807, 2.05) is 0 Å². The first-order valence-electron chi connectivity index (χ1n) is 4.93. The Hall–Kier alpha value is -1.29. The predicted octanol–water partition coefficient (Wildman–Crippen LogP) is 0.795. The Labute approximate surface area is 83.5 Å². The molecule has 0 aliphatic carbocycles. The molecule has 2 heterocycles. The molecular weight excluding hydrogens is 178 g/mol. The van der Waals surface area contributed by atoms with Gasteiger partial charge in [-0.3, -0.25) is 0 Å². The second-order valence-electron chi connectivity index (χ2n) is 3.51. The van der Waals surface area contributed by atoms with Crippen LogP contribution in [0.4, 0.5) is 5.69 Å². The lowest BCUT2D eigenvalue weighted by Crippen LogP contribution is -2.37. The molecule has 14 heavy (non-hydrogen) atoms. The number of pyridine rings is 1. The van der Waals surface area contributed by atoms with E-state index in [0.717, 1.165) is 25.9 Å². The highest BCUT2D eigenvalue weighted by atomic mass is 16.5. The molecule has 76 valence electrons. The lowest BCUT2D eigenvalue weighted by Gasteiger charge is -2.23. The van der Waals surface area contributed by atoms with Crippen molar-refractivity contribution in [2.45, 2.75) is 18.9 Å². The maximum Gasteiger partial charge on any atom is 0.215 e. The van der Waals surface area contributed by atoms with Crippen LogP contribution in [0, 0.1) is 0 Å². The minimum Gasteiger partial charge on any atom is -0.473 e. The molecule has 0 bridgehead atoms. The fraction of sp³-hybridized carbons (Fsp3) is 0.500. The Morgan fingerprint density at radius 3 is 3.21 bits per heavy atom. The van der Waals surface area contributed by atoms with Crippen LogP contribution in [-0.4, -0.2) is 24.2 Å². The van der Waals surface area contributed by atoms with Crippen molar-refractivity contribution in [2.24, 2.45) is 0 Å². The van der Waals surface area contributed by atoms with E-state index >= 15 is 0 Å². The summed E-state index contributed by atoms with van der Waals surface area (Å²) in [5.74, 6) is 0.624. The van der Waals surface area contributed by atoms with Crippen molar-refractivity contribution in [1.29, 1.82) is 0 Å². The Kier molecular flexibility index (Phi) is 2.84. The third kappa shape index (κ3) is 2.35. The number of anilines is 1. The minimum atomic E-state index is 0.234. The van der Waals surface area contributed by atoms with Gasteiger partial charge in [0.2, 0.25) is 5.88 Å². The second-order valence-corrected chi connectivity index (χ2v) is 3.51. The fourth-order valence-electron chi connectivity index (χ4n) is 1.58. The zero-order valence-electron chi connectivity index (χ0n) is 8.07. The van der Waals surface area contributed by atoms with Crippen molar-refractivity contribution in [3.8, 4) is 5.88 Å². The Morgan fingerprint density at radius 1 is 1.57 bits per heavy atom. The average molecular weight is 193 g/mol. The summed E-state index contributed by atoms with van der Waals surface area (Å²) in [6.07, 6.45) is 4.15.